The van der Waals surface area contributed by atoms with Crippen LogP contribution in [0.5, 0.6) is 0 Å². The van der Waals surface area contributed by atoms with Crippen molar-refractivity contribution in [2.45, 2.75) is 12.6 Å². The van der Waals surface area contributed by atoms with Gasteiger partial charge in [0.25, 0.3) is 5.91 Å². The Morgan fingerprint density at radius 2 is 2.07 bits per heavy atom. The molecule has 30 heavy (non-hydrogen) atoms. The first-order chi connectivity index (χ1) is 14.7. The monoisotopic (exact) mass is 406 g/mol. The summed E-state index contributed by atoms with van der Waals surface area (Å²) in [5.74, 6) is -0.131. The molecule has 0 spiro atoms. The number of carbonyl (C=O) groups is 1. The largest absolute Gasteiger partial charge is 0.395 e. The lowest BCUT2D eigenvalue weighted by Gasteiger charge is -2.33. The Kier molecular flexibility index (Phi) is 6.32. The maximum Gasteiger partial charge on any atom is 0.254 e. The number of likely N-dealkylation sites (N-methyl/N-ethyl adjacent to an activating group) is 1. The minimum absolute atomic E-state index is 0.0756. The van der Waals surface area contributed by atoms with Crippen molar-refractivity contribution in [2.24, 2.45) is 0 Å². The van der Waals surface area contributed by atoms with Crippen LogP contribution in [-0.4, -0.2) is 70.7 Å². The number of aliphatic hydroxyl groups excluding tert-OH is 1. The van der Waals surface area contributed by atoms with Gasteiger partial charge in [-0.1, -0.05) is 18.2 Å². The highest BCUT2D eigenvalue weighted by Crippen LogP contribution is 2.27. The molecule has 0 bridgehead atoms. The molecule has 0 unspecified atom stereocenters. The number of nitrogens with zero attached hydrogens (tertiary/aromatic N) is 4. The Labute approximate surface area is 175 Å². The number of aromatic nitrogens is 2. The summed E-state index contributed by atoms with van der Waals surface area (Å²) in [6.07, 6.45) is 3.40. The van der Waals surface area contributed by atoms with Crippen LogP contribution in [0.3, 0.4) is 0 Å². The minimum atomic E-state index is -0.208. The lowest BCUT2D eigenvalue weighted by Crippen LogP contribution is -2.38. The molecule has 1 amide bonds. The second kappa shape index (κ2) is 9.30. The predicted octanol–water partition coefficient (Wildman–Crippen LogP) is 2.27. The van der Waals surface area contributed by atoms with Crippen LogP contribution in [0.15, 0.2) is 54.9 Å². The van der Waals surface area contributed by atoms with E-state index in [1.807, 2.05) is 42.5 Å². The third kappa shape index (κ3) is 4.48. The molecule has 1 aromatic carbocycles. The molecular formula is C23H26N4O3. The molecule has 1 saturated heterocycles. The van der Waals surface area contributed by atoms with Crippen LogP contribution in [0.2, 0.25) is 0 Å². The smallest absolute Gasteiger partial charge is 0.254 e. The molecule has 3 aromatic rings. The van der Waals surface area contributed by atoms with Gasteiger partial charge < -0.3 is 14.7 Å². The van der Waals surface area contributed by atoms with E-state index in [4.69, 9.17) is 9.72 Å². The summed E-state index contributed by atoms with van der Waals surface area (Å²) in [7, 11) is 1.70. The van der Waals surface area contributed by atoms with Gasteiger partial charge in [-0.15, -0.1) is 0 Å². The molecule has 3 heterocycles. The number of rotatable bonds is 6. The van der Waals surface area contributed by atoms with E-state index in [9.17, 15) is 9.90 Å². The van der Waals surface area contributed by atoms with Gasteiger partial charge in [-0.2, -0.15) is 0 Å². The first kappa shape index (κ1) is 20.4. The Balaban J connectivity index is 1.62. The molecule has 0 radical (unpaired) electrons. The molecular weight excluding hydrogens is 380 g/mol. The molecule has 1 aliphatic rings. The average Bonchev–Trinajstić information content (AvgIpc) is 2.79. The number of aliphatic hydroxyl groups is 1. The van der Waals surface area contributed by atoms with Crippen LogP contribution in [0.25, 0.3) is 10.9 Å². The standard InChI is InChI=1S/C23H26N4O3/c1-26(10-12-28)23(29)19-14-21(25-20-5-3-2-4-18(19)20)22-16-27(11-13-30-22)15-17-6-8-24-9-7-17/h2-9,14,22,28H,10-13,15-16H2,1H3/t22-/m1/s1. The highest BCUT2D eigenvalue weighted by atomic mass is 16.5. The van der Waals surface area contributed by atoms with Gasteiger partial charge in [0.1, 0.15) is 6.10 Å². The summed E-state index contributed by atoms with van der Waals surface area (Å²) in [4.78, 5) is 25.8. The fraction of sp³-hybridized carbons (Fsp3) is 0.348. The van der Waals surface area contributed by atoms with E-state index in [0.29, 0.717) is 18.7 Å². The topological polar surface area (TPSA) is 78.8 Å². The van der Waals surface area contributed by atoms with Crippen LogP contribution in [0.4, 0.5) is 0 Å². The molecule has 7 heteroatoms. The maximum atomic E-state index is 13.0. The molecule has 1 N–H and O–H groups in total. The quantitative estimate of drug-likeness (QED) is 0.677. The van der Waals surface area contributed by atoms with E-state index in [2.05, 4.69) is 9.88 Å². The predicted molar refractivity (Wildman–Crippen MR) is 114 cm³/mol. The summed E-state index contributed by atoms with van der Waals surface area (Å²) in [6.45, 7) is 3.18. The van der Waals surface area contributed by atoms with E-state index < -0.39 is 0 Å². The van der Waals surface area contributed by atoms with Crippen molar-refractivity contribution in [1.29, 1.82) is 0 Å². The number of pyridine rings is 2. The van der Waals surface area contributed by atoms with Crippen molar-refractivity contribution >= 4 is 16.8 Å². The highest BCUT2D eigenvalue weighted by Gasteiger charge is 2.26. The number of benzene rings is 1. The van der Waals surface area contributed by atoms with Gasteiger partial charge in [0.2, 0.25) is 0 Å². The molecule has 4 rings (SSSR count). The number of morpholine rings is 1. The van der Waals surface area contributed by atoms with Gasteiger partial charge >= 0.3 is 0 Å². The molecule has 0 saturated carbocycles. The number of hydrogen-bond acceptors (Lipinski definition) is 6. The van der Waals surface area contributed by atoms with Gasteiger partial charge in [0, 0.05) is 51.0 Å². The summed E-state index contributed by atoms with van der Waals surface area (Å²) in [5.41, 5.74) is 3.32. The summed E-state index contributed by atoms with van der Waals surface area (Å²) >= 11 is 0. The van der Waals surface area contributed by atoms with Crippen molar-refractivity contribution in [3.63, 3.8) is 0 Å². The Morgan fingerprint density at radius 3 is 2.87 bits per heavy atom. The van der Waals surface area contributed by atoms with Gasteiger partial charge in [-0.05, 0) is 29.8 Å². The second-order valence-corrected chi connectivity index (χ2v) is 7.51. The van der Waals surface area contributed by atoms with E-state index in [0.717, 1.165) is 29.7 Å². The Hall–Kier alpha value is -2.87. The first-order valence-electron chi connectivity index (χ1n) is 10.1. The molecule has 1 atom stereocenters. The van der Waals surface area contributed by atoms with Gasteiger partial charge in [-0.25, -0.2) is 4.98 Å². The number of carbonyl (C=O) groups excluding carboxylic acids is 1. The van der Waals surface area contributed by atoms with Gasteiger partial charge in [-0.3, -0.25) is 14.7 Å². The number of amides is 1. The molecule has 1 fully saturated rings. The van der Waals surface area contributed by atoms with Crippen molar-refractivity contribution in [3.8, 4) is 0 Å². The number of hydrogen-bond donors (Lipinski definition) is 1. The van der Waals surface area contributed by atoms with Crippen LogP contribution < -0.4 is 0 Å². The summed E-state index contributed by atoms with van der Waals surface area (Å²) < 4.78 is 6.04. The fourth-order valence-electron chi connectivity index (χ4n) is 3.77. The SMILES string of the molecule is CN(CCO)C(=O)c1cc([C@H]2CN(Cc3ccncc3)CCO2)nc2ccccc12. The number of fused-ring (bicyclic) bond motifs is 1. The Morgan fingerprint density at radius 1 is 1.27 bits per heavy atom. The minimum Gasteiger partial charge on any atom is -0.395 e. The maximum absolute atomic E-state index is 13.0. The van der Waals surface area contributed by atoms with Crippen LogP contribution >= 0.6 is 0 Å². The average molecular weight is 406 g/mol. The van der Waals surface area contributed by atoms with Crippen LogP contribution in [0.1, 0.15) is 27.7 Å². The second-order valence-electron chi connectivity index (χ2n) is 7.51. The van der Waals surface area contributed by atoms with E-state index in [1.54, 1.807) is 19.4 Å². The zero-order chi connectivity index (χ0) is 20.9. The third-order valence-electron chi connectivity index (χ3n) is 5.38. The fourth-order valence-corrected chi connectivity index (χ4v) is 3.77. The normalized spacial score (nSPS) is 17.2. The van der Waals surface area contributed by atoms with Crippen molar-refractivity contribution in [3.05, 3.63) is 71.7 Å². The lowest BCUT2D eigenvalue weighted by molar-refractivity contribution is -0.0348. The molecule has 1 aliphatic heterocycles. The summed E-state index contributed by atoms with van der Waals surface area (Å²) in [6, 6.07) is 13.5. The summed E-state index contributed by atoms with van der Waals surface area (Å²) in [5, 5.41) is 10.0. The highest BCUT2D eigenvalue weighted by molar-refractivity contribution is 6.06. The molecule has 156 valence electrons. The third-order valence-corrected chi connectivity index (χ3v) is 5.38. The lowest BCUT2D eigenvalue weighted by atomic mass is 10.0. The number of para-hydroxylation sites is 1. The zero-order valence-electron chi connectivity index (χ0n) is 17.1. The van der Waals surface area contributed by atoms with E-state index in [-0.39, 0.29) is 25.2 Å². The molecule has 0 aliphatic carbocycles. The van der Waals surface area contributed by atoms with Gasteiger partial charge in [0.15, 0.2) is 0 Å². The van der Waals surface area contributed by atoms with E-state index >= 15 is 0 Å². The van der Waals surface area contributed by atoms with Crippen molar-refractivity contribution < 1.29 is 14.6 Å². The molecule has 2 aromatic heterocycles. The first-order valence-corrected chi connectivity index (χ1v) is 10.1. The van der Waals surface area contributed by atoms with Crippen molar-refractivity contribution in [2.75, 3.05) is 39.9 Å². The van der Waals surface area contributed by atoms with E-state index in [1.165, 1.54) is 10.5 Å². The van der Waals surface area contributed by atoms with Crippen molar-refractivity contribution in [1.82, 2.24) is 19.8 Å². The molecule has 7 nitrogen and oxygen atoms in total. The van der Waals surface area contributed by atoms with Crippen LogP contribution in [-0.2, 0) is 11.3 Å². The van der Waals surface area contributed by atoms with Gasteiger partial charge in [0.05, 0.1) is 30.0 Å². The number of ether oxygens (including phenoxy) is 1. The van der Waals surface area contributed by atoms with Crippen LogP contribution in [0, 0.1) is 0 Å². The zero-order valence-corrected chi connectivity index (χ0v) is 17.1. The Bertz CT molecular complexity index is 1010.